The Morgan fingerprint density at radius 3 is 2.05 bits per heavy atom. The lowest BCUT2D eigenvalue weighted by atomic mass is 10.1. The number of benzene rings is 3. The van der Waals surface area contributed by atoms with E-state index in [0.29, 0.717) is 12.1 Å². The third kappa shape index (κ3) is 7.76. The molecule has 0 bridgehead atoms. The number of nitrogens with one attached hydrogen (secondary N) is 1. The highest BCUT2D eigenvalue weighted by atomic mass is 32.2. The molecule has 2 amide bonds. The summed E-state index contributed by atoms with van der Waals surface area (Å²) in [6.45, 7) is 13.1. The lowest BCUT2D eigenvalue weighted by Gasteiger charge is -2.34. The lowest BCUT2D eigenvalue weighted by Crippen LogP contribution is -2.53. The zero-order valence-electron chi connectivity index (χ0n) is 25.3. The SMILES string of the molecule is CC[C@H](C(=O)N[C@@H](C)CC)N(Cc1ccccc1C)C(=O)CN(c1ccc(C)cc1C)S(=O)(=O)c1ccc(C)cc1. The fourth-order valence-corrected chi connectivity index (χ4v) is 6.25. The molecular weight excluding hydrogens is 534 g/mol. The summed E-state index contributed by atoms with van der Waals surface area (Å²) >= 11 is 0. The fraction of sp³-hybridized carbons (Fsp3) is 0.394. The minimum atomic E-state index is -4.11. The molecule has 1 N–H and O–H groups in total. The quantitative estimate of drug-likeness (QED) is 0.293. The van der Waals surface area contributed by atoms with Crippen molar-refractivity contribution in [3.63, 3.8) is 0 Å². The van der Waals surface area contributed by atoms with Crippen LogP contribution in [0.1, 0.15) is 61.4 Å². The van der Waals surface area contributed by atoms with Crippen molar-refractivity contribution in [2.75, 3.05) is 10.8 Å². The first-order valence-electron chi connectivity index (χ1n) is 14.2. The van der Waals surface area contributed by atoms with E-state index in [1.807, 2.05) is 84.9 Å². The number of rotatable bonds is 12. The lowest BCUT2D eigenvalue weighted by molar-refractivity contribution is -0.140. The molecule has 3 aromatic carbocycles. The van der Waals surface area contributed by atoms with Crippen LogP contribution in [0.5, 0.6) is 0 Å². The average molecular weight is 578 g/mol. The highest BCUT2D eigenvalue weighted by molar-refractivity contribution is 7.92. The van der Waals surface area contributed by atoms with E-state index in [9.17, 15) is 18.0 Å². The average Bonchev–Trinajstić information content (AvgIpc) is 2.93. The first-order valence-corrected chi connectivity index (χ1v) is 15.6. The van der Waals surface area contributed by atoms with E-state index in [0.717, 1.165) is 34.2 Å². The van der Waals surface area contributed by atoms with Crippen molar-refractivity contribution in [3.05, 3.63) is 94.5 Å². The predicted octanol–water partition coefficient (Wildman–Crippen LogP) is 5.84. The number of sulfonamides is 1. The molecule has 0 saturated carbocycles. The Balaban J connectivity index is 2.10. The van der Waals surface area contributed by atoms with Crippen molar-refractivity contribution < 1.29 is 18.0 Å². The molecule has 8 heteroatoms. The van der Waals surface area contributed by atoms with Gasteiger partial charge in [0, 0.05) is 12.6 Å². The fourth-order valence-electron chi connectivity index (χ4n) is 4.77. The summed E-state index contributed by atoms with van der Waals surface area (Å²) in [4.78, 5) is 29.3. The second-order valence-electron chi connectivity index (χ2n) is 10.8. The van der Waals surface area contributed by atoms with Crippen LogP contribution < -0.4 is 9.62 Å². The van der Waals surface area contributed by atoms with Crippen LogP contribution in [-0.4, -0.2) is 43.8 Å². The first-order chi connectivity index (χ1) is 19.4. The normalized spacial score (nSPS) is 12.9. The third-order valence-corrected chi connectivity index (χ3v) is 9.27. The summed E-state index contributed by atoms with van der Waals surface area (Å²) in [5.41, 5.74) is 4.97. The smallest absolute Gasteiger partial charge is 0.264 e. The summed E-state index contributed by atoms with van der Waals surface area (Å²) in [5, 5.41) is 3.01. The van der Waals surface area contributed by atoms with Gasteiger partial charge in [0.25, 0.3) is 10.0 Å². The molecule has 2 atom stereocenters. The third-order valence-electron chi connectivity index (χ3n) is 7.50. The van der Waals surface area contributed by atoms with E-state index in [1.165, 1.54) is 9.21 Å². The van der Waals surface area contributed by atoms with Crippen LogP contribution in [0, 0.1) is 27.7 Å². The van der Waals surface area contributed by atoms with E-state index >= 15 is 0 Å². The van der Waals surface area contributed by atoms with Gasteiger partial charge in [0.1, 0.15) is 12.6 Å². The molecule has 0 aromatic heterocycles. The maximum absolute atomic E-state index is 14.3. The van der Waals surface area contributed by atoms with E-state index in [-0.39, 0.29) is 23.4 Å². The number of anilines is 1. The van der Waals surface area contributed by atoms with Crippen molar-refractivity contribution in [2.45, 2.75) is 84.8 Å². The second-order valence-corrected chi connectivity index (χ2v) is 12.7. The highest BCUT2D eigenvalue weighted by Crippen LogP contribution is 2.29. The molecule has 0 aliphatic rings. The monoisotopic (exact) mass is 577 g/mol. The van der Waals surface area contributed by atoms with Crippen LogP contribution in [0.15, 0.2) is 71.6 Å². The number of hydrogen-bond donors (Lipinski definition) is 1. The molecule has 0 spiro atoms. The number of nitrogens with zero attached hydrogens (tertiary/aromatic N) is 2. The van der Waals surface area contributed by atoms with Gasteiger partial charge in [0.15, 0.2) is 0 Å². The maximum Gasteiger partial charge on any atom is 0.264 e. The van der Waals surface area contributed by atoms with Crippen LogP contribution in [0.25, 0.3) is 0 Å². The van der Waals surface area contributed by atoms with E-state index in [4.69, 9.17) is 0 Å². The van der Waals surface area contributed by atoms with E-state index in [1.54, 1.807) is 30.3 Å². The first kappa shape index (κ1) is 31.9. The van der Waals surface area contributed by atoms with Gasteiger partial charge in [-0.3, -0.25) is 13.9 Å². The highest BCUT2D eigenvalue weighted by Gasteiger charge is 2.34. The number of aryl methyl sites for hydroxylation is 4. The molecule has 220 valence electrons. The molecule has 0 aliphatic heterocycles. The van der Waals surface area contributed by atoms with Crippen LogP contribution in [0.2, 0.25) is 0 Å². The molecule has 3 aromatic rings. The summed E-state index contributed by atoms with van der Waals surface area (Å²) in [6.07, 6.45) is 1.14. The predicted molar refractivity (Wildman–Crippen MR) is 165 cm³/mol. The Labute approximate surface area is 245 Å². The molecule has 0 fully saturated rings. The minimum Gasteiger partial charge on any atom is -0.352 e. The van der Waals surface area contributed by atoms with Gasteiger partial charge in [-0.2, -0.15) is 0 Å². The van der Waals surface area contributed by atoms with Crippen LogP contribution in [0.3, 0.4) is 0 Å². The van der Waals surface area contributed by atoms with Crippen molar-refractivity contribution in [1.82, 2.24) is 10.2 Å². The zero-order chi connectivity index (χ0) is 30.3. The number of carbonyl (C=O) groups excluding carboxylic acids is 2. The van der Waals surface area contributed by atoms with Crippen molar-refractivity contribution >= 4 is 27.5 Å². The Hall–Kier alpha value is -3.65. The molecule has 0 unspecified atom stereocenters. The summed E-state index contributed by atoms with van der Waals surface area (Å²) in [5.74, 6) is -0.696. The largest absolute Gasteiger partial charge is 0.352 e. The molecular formula is C33H43N3O4S. The van der Waals surface area contributed by atoms with Crippen molar-refractivity contribution in [3.8, 4) is 0 Å². The van der Waals surface area contributed by atoms with Gasteiger partial charge in [-0.15, -0.1) is 0 Å². The van der Waals surface area contributed by atoms with E-state index in [2.05, 4.69) is 5.32 Å². The molecule has 0 heterocycles. The van der Waals surface area contributed by atoms with Gasteiger partial charge in [-0.05, 0) is 82.3 Å². The Bertz CT molecular complexity index is 1470. The van der Waals surface area contributed by atoms with Gasteiger partial charge in [-0.25, -0.2) is 8.42 Å². The van der Waals surface area contributed by atoms with Gasteiger partial charge in [0.05, 0.1) is 10.6 Å². The van der Waals surface area contributed by atoms with E-state index < -0.39 is 28.5 Å². The standard InChI is InChI=1S/C33H43N3O4S/c1-8-27(7)34-33(38)30(9-2)35(21-28-13-11-10-12-25(28)5)32(37)22-36(31-19-16-24(4)20-26(31)6)41(39,40)29-17-14-23(3)15-18-29/h10-20,27,30H,8-9,21-22H2,1-7H3,(H,34,38)/t27-,30+/m0/s1. The maximum atomic E-state index is 14.3. The van der Waals surface area contributed by atoms with Gasteiger partial charge in [-0.1, -0.05) is 73.5 Å². The molecule has 0 radical (unpaired) electrons. The van der Waals surface area contributed by atoms with Crippen molar-refractivity contribution in [2.24, 2.45) is 0 Å². The van der Waals surface area contributed by atoms with Gasteiger partial charge < -0.3 is 10.2 Å². The van der Waals surface area contributed by atoms with Gasteiger partial charge in [0.2, 0.25) is 11.8 Å². The number of amides is 2. The summed E-state index contributed by atoms with van der Waals surface area (Å²) in [6, 6.07) is 19.0. The minimum absolute atomic E-state index is 0.0550. The second kappa shape index (κ2) is 13.8. The summed E-state index contributed by atoms with van der Waals surface area (Å²) < 4.78 is 29.4. The molecule has 0 aliphatic carbocycles. The molecule has 3 rings (SSSR count). The number of carbonyl (C=O) groups is 2. The van der Waals surface area contributed by atoms with Crippen LogP contribution >= 0.6 is 0 Å². The molecule has 7 nitrogen and oxygen atoms in total. The topological polar surface area (TPSA) is 86.8 Å². The molecule has 41 heavy (non-hydrogen) atoms. The molecule has 0 saturated heterocycles. The Morgan fingerprint density at radius 2 is 1.46 bits per heavy atom. The Kier molecular flexibility index (Phi) is 10.7. The zero-order valence-corrected chi connectivity index (χ0v) is 26.1. The van der Waals surface area contributed by atoms with Crippen LogP contribution in [-0.2, 0) is 26.2 Å². The Morgan fingerprint density at radius 1 is 0.829 bits per heavy atom. The van der Waals surface area contributed by atoms with Crippen molar-refractivity contribution in [1.29, 1.82) is 0 Å². The van der Waals surface area contributed by atoms with Crippen LogP contribution in [0.4, 0.5) is 5.69 Å². The van der Waals surface area contributed by atoms with Gasteiger partial charge >= 0.3 is 0 Å². The summed E-state index contributed by atoms with van der Waals surface area (Å²) in [7, 11) is -4.11. The number of hydrogen-bond acceptors (Lipinski definition) is 4.